The first-order valence-electron chi connectivity index (χ1n) is 11.1. The van der Waals surface area contributed by atoms with Gasteiger partial charge in [-0.1, -0.05) is 30.3 Å². The summed E-state index contributed by atoms with van der Waals surface area (Å²) in [5.74, 6) is -0.897. The molecular formula is C25H28FIN2O6. The molecule has 1 aliphatic carbocycles. The Labute approximate surface area is 216 Å². The van der Waals surface area contributed by atoms with E-state index in [2.05, 4.69) is 27.9 Å². The van der Waals surface area contributed by atoms with Crippen molar-refractivity contribution in [3.63, 3.8) is 0 Å². The van der Waals surface area contributed by atoms with Crippen LogP contribution in [-0.4, -0.2) is 72.0 Å². The molecule has 0 aliphatic heterocycles. The van der Waals surface area contributed by atoms with Crippen LogP contribution in [0, 0.1) is 9.39 Å². The summed E-state index contributed by atoms with van der Waals surface area (Å²) in [7, 11) is 1.37. The highest BCUT2D eigenvalue weighted by atomic mass is 127. The lowest BCUT2D eigenvalue weighted by Crippen LogP contribution is -2.55. The molecule has 3 N–H and O–H groups in total. The summed E-state index contributed by atoms with van der Waals surface area (Å²) in [6, 6.07) is 12.4. The molecule has 35 heavy (non-hydrogen) atoms. The van der Waals surface area contributed by atoms with E-state index in [4.69, 9.17) is 14.6 Å². The first-order valence-corrected chi connectivity index (χ1v) is 12.1. The summed E-state index contributed by atoms with van der Waals surface area (Å²) in [6.07, 6.45) is -0.640. The van der Waals surface area contributed by atoms with Gasteiger partial charge in [-0.05, 0) is 46.9 Å². The fraction of sp³-hybridized carbons (Fsp3) is 0.360. The lowest BCUT2D eigenvalue weighted by Gasteiger charge is -2.40. The Morgan fingerprint density at radius 2 is 1.91 bits per heavy atom. The van der Waals surface area contributed by atoms with E-state index in [-0.39, 0.29) is 43.9 Å². The third-order valence-corrected chi connectivity index (χ3v) is 6.49. The van der Waals surface area contributed by atoms with Gasteiger partial charge in [-0.15, -0.1) is 0 Å². The van der Waals surface area contributed by atoms with Gasteiger partial charge in [0.2, 0.25) is 11.8 Å². The lowest BCUT2D eigenvalue weighted by molar-refractivity contribution is -0.143. The number of amides is 2. The van der Waals surface area contributed by atoms with Gasteiger partial charge < -0.3 is 29.9 Å². The fourth-order valence-corrected chi connectivity index (χ4v) is 4.39. The van der Waals surface area contributed by atoms with Crippen molar-refractivity contribution in [1.29, 1.82) is 0 Å². The summed E-state index contributed by atoms with van der Waals surface area (Å²) < 4.78 is 26.4. The van der Waals surface area contributed by atoms with Crippen LogP contribution in [0.5, 0.6) is 5.75 Å². The first-order chi connectivity index (χ1) is 16.8. The van der Waals surface area contributed by atoms with Crippen LogP contribution >= 0.6 is 22.6 Å². The number of carbonyl (C=O) groups is 2. The van der Waals surface area contributed by atoms with Crippen LogP contribution in [0.3, 0.4) is 0 Å². The number of hydrogen-bond acceptors (Lipinski definition) is 6. The van der Waals surface area contributed by atoms with Crippen LogP contribution in [0.1, 0.15) is 12.0 Å². The van der Waals surface area contributed by atoms with E-state index in [1.807, 2.05) is 12.1 Å². The molecule has 10 heteroatoms. The van der Waals surface area contributed by atoms with E-state index < -0.39 is 35.9 Å². The molecule has 0 fully saturated rings. The zero-order chi connectivity index (χ0) is 25.4. The highest BCUT2D eigenvalue weighted by Gasteiger charge is 2.40. The van der Waals surface area contributed by atoms with E-state index >= 15 is 0 Å². The molecule has 3 atom stereocenters. The second-order valence-electron chi connectivity index (χ2n) is 7.99. The molecule has 2 amide bonds. The van der Waals surface area contributed by atoms with Crippen LogP contribution in [0.25, 0.3) is 0 Å². The molecule has 0 aromatic heterocycles. The van der Waals surface area contributed by atoms with Gasteiger partial charge in [0.25, 0.3) is 0 Å². The quantitative estimate of drug-likeness (QED) is 0.362. The third kappa shape index (κ3) is 7.00. The van der Waals surface area contributed by atoms with E-state index in [1.54, 1.807) is 30.3 Å². The summed E-state index contributed by atoms with van der Waals surface area (Å²) in [6.45, 7) is -0.598. The van der Waals surface area contributed by atoms with Gasteiger partial charge >= 0.3 is 0 Å². The number of ether oxygens (including phenoxy) is 2. The zero-order valence-corrected chi connectivity index (χ0v) is 21.4. The van der Waals surface area contributed by atoms with Crippen molar-refractivity contribution < 1.29 is 33.7 Å². The molecule has 0 bridgehead atoms. The number of hydrogen-bond donors (Lipinski definition) is 3. The highest BCUT2D eigenvalue weighted by molar-refractivity contribution is 14.1. The van der Waals surface area contributed by atoms with Crippen LogP contribution in [0.15, 0.2) is 60.2 Å². The minimum Gasteiger partial charge on any atom is -0.482 e. The number of rotatable bonds is 10. The lowest BCUT2D eigenvalue weighted by atomic mass is 9.87. The van der Waals surface area contributed by atoms with Crippen molar-refractivity contribution in [3.05, 3.63) is 75.1 Å². The van der Waals surface area contributed by atoms with Gasteiger partial charge in [0.15, 0.2) is 0 Å². The predicted molar refractivity (Wildman–Crippen MR) is 135 cm³/mol. The second kappa shape index (κ2) is 13.0. The van der Waals surface area contributed by atoms with E-state index in [9.17, 15) is 19.1 Å². The number of methoxy groups -OCH3 is 1. The molecule has 0 saturated heterocycles. The minimum atomic E-state index is -1.21. The molecule has 188 valence electrons. The van der Waals surface area contributed by atoms with Gasteiger partial charge in [0.1, 0.15) is 30.4 Å². The average Bonchev–Trinajstić information content (AvgIpc) is 2.85. The van der Waals surface area contributed by atoms with Crippen LogP contribution in [-0.2, 0) is 20.9 Å². The van der Waals surface area contributed by atoms with Crippen molar-refractivity contribution in [2.45, 2.75) is 31.2 Å². The monoisotopic (exact) mass is 598 g/mol. The Bertz CT molecular complexity index is 1070. The van der Waals surface area contributed by atoms with Crippen molar-refractivity contribution in [2.75, 3.05) is 26.9 Å². The molecule has 3 rings (SSSR count). The molecule has 0 spiro atoms. The Kier molecular flexibility index (Phi) is 10.0. The van der Waals surface area contributed by atoms with Gasteiger partial charge in [0, 0.05) is 37.8 Å². The van der Waals surface area contributed by atoms with E-state index in [0.29, 0.717) is 5.75 Å². The van der Waals surface area contributed by atoms with Crippen molar-refractivity contribution in [3.8, 4) is 5.75 Å². The first kappa shape index (κ1) is 27.1. The number of benzene rings is 2. The molecule has 2 aromatic carbocycles. The van der Waals surface area contributed by atoms with Gasteiger partial charge in [-0.25, -0.2) is 4.39 Å². The maximum Gasteiger partial charge on any atom is 0.249 e. The van der Waals surface area contributed by atoms with Crippen molar-refractivity contribution in [2.24, 2.45) is 0 Å². The largest absolute Gasteiger partial charge is 0.482 e. The molecule has 2 aromatic rings. The highest BCUT2D eigenvalue weighted by Crippen LogP contribution is 2.30. The number of aliphatic hydroxyl groups excluding tert-OH is 2. The number of nitrogens with zero attached hydrogens (tertiary/aromatic N) is 1. The van der Waals surface area contributed by atoms with Crippen LogP contribution < -0.4 is 10.1 Å². The summed E-state index contributed by atoms with van der Waals surface area (Å²) in [4.78, 5) is 27.2. The summed E-state index contributed by atoms with van der Waals surface area (Å²) >= 11 is 2.10. The number of para-hydroxylation sites is 1. The maximum absolute atomic E-state index is 14.5. The minimum absolute atomic E-state index is 0.00801. The molecule has 3 unspecified atom stereocenters. The average molecular weight is 598 g/mol. The maximum atomic E-state index is 14.5. The molecular weight excluding hydrogens is 570 g/mol. The van der Waals surface area contributed by atoms with Gasteiger partial charge in [0.05, 0.1) is 16.2 Å². The van der Waals surface area contributed by atoms with Crippen LogP contribution in [0.4, 0.5) is 4.39 Å². The number of carbonyl (C=O) groups excluding carboxylic acids is 2. The van der Waals surface area contributed by atoms with E-state index in [0.717, 1.165) is 3.57 Å². The van der Waals surface area contributed by atoms with Gasteiger partial charge in [-0.2, -0.15) is 0 Å². The number of aliphatic hydroxyl groups is 2. The molecule has 8 nitrogen and oxygen atoms in total. The van der Waals surface area contributed by atoms with Gasteiger partial charge in [-0.3, -0.25) is 9.59 Å². The van der Waals surface area contributed by atoms with E-state index in [1.165, 1.54) is 24.2 Å². The predicted octanol–water partition coefficient (Wildman–Crippen LogP) is 2.02. The number of nitrogens with one attached hydrogen (secondary N) is 1. The topological polar surface area (TPSA) is 108 Å². The second-order valence-corrected chi connectivity index (χ2v) is 9.15. The summed E-state index contributed by atoms with van der Waals surface area (Å²) in [5, 5.41) is 23.0. The standard InChI is InChI=1S/C25H28FIN2O6/c1-34-15-23(31)29(14-16-6-2-3-7-18(16)26)20-12-17(25(33)28-10-11-30)13-22(24(20)32)35-21-9-5-4-8-19(21)27/h2-9,13,20,22,24,30,32H,10-12,14-15H2,1H3,(H,28,33). The SMILES string of the molecule is COCC(=O)N(Cc1ccccc1F)C1CC(C(=O)NCCO)=CC(Oc2ccccc2I)C1O. The Morgan fingerprint density at radius 3 is 2.60 bits per heavy atom. The zero-order valence-electron chi connectivity index (χ0n) is 19.2. The Balaban J connectivity index is 1.98. The molecule has 0 heterocycles. The normalized spacial score (nSPS) is 19.6. The fourth-order valence-electron chi connectivity index (χ4n) is 3.87. The Morgan fingerprint density at radius 1 is 1.20 bits per heavy atom. The summed E-state index contributed by atoms with van der Waals surface area (Å²) in [5.41, 5.74) is 0.550. The van der Waals surface area contributed by atoms with Crippen molar-refractivity contribution >= 4 is 34.4 Å². The molecule has 1 aliphatic rings. The molecule has 0 saturated carbocycles. The third-order valence-electron chi connectivity index (χ3n) is 5.60. The smallest absolute Gasteiger partial charge is 0.249 e. The van der Waals surface area contributed by atoms with Crippen LogP contribution in [0.2, 0.25) is 0 Å². The van der Waals surface area contributed by atoms with Crippen molar-refractivity contribution in [1.82, 2.24) is 10.2 Å². The number of halogens is 2. The Hall–Kier alpha value is -2.54. The molecule has 0 radical (unpaired) electrons.